The number of nitrogens with one attached hydrogen (secondary N) is 1. The smallest absolute Gasteiger partial charge is 0.159 e. The summed E-state index contributed by atoms with van der Waals surface area (Å²) in [6, 6.07) is 10.3. The zero-order valence-electron chi connectivity index (χ0n) is 13.0. The lowest BCUT2D eigenvalue weighted by Gasteiger charge is -2.34. The van der Waals surface area contributed by atoms with Crippen LogP contribution in [0.1, 0.15) is 0 Å². The largest absolute Gasteiger partial charge is 0.369 e. The molecule has 0 radical (unpaired) electrons. The van der Waals surface area contributed by atoms with Gasteiger partial charge in [0.25, 0.3) is 0 Å². The molecule has 1 aromatic carbocycles. The van der Waals surface area contributed by atoms with Gasteiger partial charge in [0, 0.05) is 43.6 Å². The zero-order chi connectivity index (χ0) is 15.8. The molecule has 1 saturated heterocycles. The Morgan fingerprint density at radius 3 is 2.48 bits per heavy atom. The summed E-state index contributed by atoms with van der Waals surface area (Å²) in [5.74, 6) is 0.797. The van der Waals surface area contributed by atoms with Crippen molar-refractivity contribution < 1.29 is 0 Å². The fourth-order valence-corrected chi connectivity index (χ4v) is 3.10. The summed E-state index contributed by atoms with van der Waals surface area (Å²) >= 11 is 6.16. The van der Waals surface area contributed by atoms with Crippen LogP contribution in [-0.2, 0) is 0 Å². The molecule has 2 aromatic heterocycles. The van der Waals surface area contributed by atoms with Gasteiger partial charge in [-0.1, -0.05) is 11.6 Å². The molecule has 0 aliphatic carbocycles. The minimum atomic E-state index is 0.617. The predicted molar refractivity (Wildman–Crippen MR) is 94.0 cm³/mol. The van der Waals surface area contributed by atoms with E-state index in [9.17, 15) is 0 Å². The number of likely N-dealkylation sites (N-methyl/N-ethyl adjacent to an activating group) is 1. The number of fused-ring (bicyclic) bond motifs is 1. The second kappa shape index (κ2) is 5.83. The summed E-state index contributed by atoms with van der Waals surface area (Å²) in [4.78, 5) is 16.8. The van der Waals surface area contributed by atoms with Gasteiger partial charge in [-0.2, -0.15) is 0 Å². The molecule has 0 atom stereocenters. The van der Waals surface area contributed by atoms with Crippen LogP contribution in [0.5, 0.6) is 0 Å². The number of aromatic amines is 1. The maximum Gasteiger partial charge on any atom is 0.159 e. The molecule has 0 spiro atoms. The van der Waals surface area contributed by atoms with Crippen molar-refractivity contribution in [1.82, 2.24) is 19.9 Å². The lowest BCUT2D eigenvalue weighted by Crippen LogP contribution is -2.44. The van der Waals surface area contributed by atoms with Crippen molar-refractivity contribution in [3.63, 3.8) is 0 Å². The third-order valence-electron chi connectivity index (χ3n) is 4.34. The summed E-state index contributed by atoms with van der Waals surface area (Å²) in [7, 11) is 2.17. The number of piperazine rings is 1. The van der Waals surface area contributed by atoms with Crippen LogP contribution in [0.4, 0.5) is 5.69 Å². The van der Waals surface area contributed by atoms with Crippen molar-refractivity contribution in [2.24, 2.45) is 0 Å². The minimum Gasteiger partial charge on any atom is -0.369 e. The van der Waals surface area contributed by atoms with Crippen LogP contribution in [0.25, 0.3) is 22.6 Å². The number of benzene rings is 1. The average Bonchev–Trinajstić information content (AvgIpc) is 3.01. The monoisotopic (exact) mass is 327 g/mol. The summed E-state index contributed by atoms with van der Waals surface area (Å²) < 4.78 is 0. The number of aromatic nitrogens is 3. The lowest BCUT2D eigenvalue weighted by atomic mass is 10.1. The molecule has 3 heterocycles. The average molecular weight is 328 g/mol. The summed E-state index contributed by atoms with van der Waals surface area (Å²) in [6.07, 6.45) is 1.68. The van der Waals surface area contributed by atoms with Gasteiger partial charge in [0.1, 0.15) is 11.3 Å². The van der Waals surface area contributed by atoms with E-state index in [4.69, 9.17) is 11.6 Å². The van der Waals surface area contributed by atoms with Crippen LogP contribution in [0.15, 0.2) is 36.5 Å². The van der Waals surface area contributed by atoms with E-state index >= 15 is 0 Å². The molecule has 1 N–H and O–H groups in total. The highest BCUT2D eigenvalue weighted by Gasteiger charge is 2.14. The molecule has 118 valence electrons. The summed E-state index contributed by atoms with van der Waals surface area (Å²) in [6.45, 7) is 4.35. The Bertz CT molecular complexity index is 819. The Morgan fingerprint density at radius 1 is 1.04 bits per heavy atom. The highest BCUT2D eigenvalue weighted by Crippen LogP contribution is 2.26. The van der Waals surface area contributed by atoms with Crippen molar-refractivity contribution in [2.45, 2.75) is 0 Å². The molecule has 0 saturated carbocycles. The number of pyridine rings is 1. The molecule has 1 fully saturated rings. The lowest BCUT2D eigenvalue weighted by molar-refractivity contribution is 0.313. The van der Waals surface area contributed by atoms with Gasteiger partial charge in [0.15, 0.2) is 5.65 Å². The Morgan fingerprint density at radius 2 is 1.78 bits per heavy atom. The maximum atomic E-state index is 6.16. The molecule has 3 aromatic rings. The Hall–Kier alpha value is -2.11. The van der Waals surface area contributed by atoms with Crippen LogP contribution in [-0.4, -0.2) is 53.1 Å². The number of rotatable bonds is 2. The predicted octanol–water partition coefficient (Wildman–Crippen LogP) is 3.03. The quantitative estimate of drug-likeness (QED) is 0.786. The van der Waals surface area contributed by atoms with Crippen molar-refractivity contribution >= 4 is 28.5 Å². The number of hydrogen-bond donors (Lipinski definition) is 1. The minimum absolute atomic E-state index is 0.617. The van der Waals surface area contributed by atoms with Crippen molar-refractivity contribution in [2.75, 3.05) is 38.1 Å². The van der Waals surface area contributed by atoms with Gasteiger partial charge in [-0.05, 0) is 37.4 Å². The molecule has 0 unspecified atom stereocenters. The van der Waals surface area contributed by atoms with Gasteiger partial charge in [-0.25, -0.2) is 9.97 Å². The zero-order valence-corrected chi connectivity index (χ0v) is 13.7. The van der Waals surface area contributed by atoms with Gasteiger partial charge in [0.2, 0.25) is 0 Å². The fraction of sp³-hybridized carbons (Fsp3) is 0.294. The molecule has 1 aliphatic rings. The van der Waals surface area contributed by atoms with Gasteiger partial charge in [-0.3, -0.25) is 0 Å². The van der Waals surface area contributed by atoms with Crippen molar-refractivity contribution in [3.05, 3.63) is 41.6 Å². The van der Waals surface area contributed by atoms with Crippen molar-refractivity contribution in [1.29, 1.82) is 0 Å². The van der Waals surface area contributed by atoms with Crippen molar-refractivity contribution in [3.8, 4) is 11.4 Å². The van der Waals surface area contributed by atoms with E-state index in [-0.39, 0.29) is 0 Å². The first-order chi connectivity index (χ1) is 11.2. The summed E-state index contributed by atoms with van der Waals surface area (Å²) in [5.41, 5.74) is 3.73. The Balaban J connectivity index is 1.61. The maximum absolute atomic E-state index is 6.16. The number of halogens is 1. The first-order valence-corrected chi connectivity index (χ1v) is 8.13. The molecule has 4 rings (SSSR count). The molecular weight excluding hydrogens is 310 g/mol. The van der Waals surface area contributed by atoms with Crippen LogP contribution < -0.4 is 4.90 Å². The first kappa shape index (κ1) is 14.5. The molecule has 0 amide bonds. The van der Waals surface area contributed by atoms with Gasteiger partial charge < -0.3 is 14.8 Å². The highest BCUT2D eigenvalue weighted by molar-refractivity contribution is 6.34. The number of H-pyrrole nitrogens is 1. The van der Waals surface area contributed by atoms with E-state index in [1.54, 1.807) is 12.3 Å². The Kier molecular flexibility index (Phi) is 3.67. The molecule has 1 aliphatic heterocycles. The standard InChI is InChI=1S/C17H18ClN5/c1-22-8-10-23(11-9-22)13-4-2-12(3-5-13)16-20-15-14(18)6-7-19-17(15)21-16/h2-7H,8-11H2,1H3,(H,19,20,21). The Labute approximate surface area is 139 Å². The molecule has 23 heavy (non-hydrogen) atoms. The van der Waals surface area contributed by atoms with Gasteiger partial charge in [0.05, 0.1) is 5.02 Å². The first-order valence-electron chi connectivity index (χ1n) is 7.75. The van der Waals surface area contributed by atoms with E-state index < -0.39 is 0 Å². The number of imidazole rings is 1. The summed E-state index contributed by atoms with van der Waals surface area (Å²) in [5, 5.41) is 0.617. The molecule has 0 bridgehead atoms. The number of nitrogens with zero attached hydrogens (tertiary/aromatic N) is 4. The van der Waals surface area contributed by atoms with E-state index in [1.165, 1.54) is 5.69 Å². The van der Waals surface area contributed by atoms with E-state index in [2.05, 4.69) is 56.1 Å². The second-order valence-electron chi connectivity index (χ2n) is 5.91. The van der Waals surface area contributed by atoms with E-state index in [1.807, 2.05) is 0 Å². The van der Waals surface area contributed by atoms with Gasteiger partial charge in [-0.15, -0.1) is 0 Å². The highest BCUT2D eigenvalue weighted by atomic mass is 35.5. The van der Waals surface area contributed by atoms with Crippen LogP contribution in [0.3, 0.4) is 0 Å². The third kappa shape index (κ3) is 2.78. The third-order valence-corrected chi connectivity index (χ3v) is 4.65. The molecular formula is C17H18ClN5. The molecule has 5 nitrogen and oxygen atoms in total. The van der Waals surface area contributed by atoms with E-state index in [0.29, 0.717) is 10.5 Å². The van der Waals surface area contributed by atoms with Gasteiger partial charge >= 0.3 is 0 Å². The van der Waals surface area contributed by atoms with Crippen LogP contribution >= 0.6 is 11.6 Å². The topological polar surface area (TPSA) is 48.1 Å². The fourth-order valence-electron chi connectivity index (χ4n) is 2.91. The second-order valence-corrected chi connectivity index (χ2v) is 6.32. The normalized spacial score (nSPS) is 16.2. The number of hydrogen-bond acceptors (Lipinski definition) is 4. The SMILES string of the molecule is CN1CCN(c2ccc(-c3nc4c(Cl)ccnc4[nH]3)cc2)CC1. The van der Waals surface area contributed by atoms with E-state index in [0.717, 1.165) is 43.2 Å². The number of anilines is 1. The van der Waals surface area contributed by atoms with Crippen LogP contribution in [0.2, 0.25) is 5.02 Å². The molecule has 6 heteroatoms. The van der Waals surface area contributed by atoms with Crippen LogP contribution in [0, 0.1) is 0 Å².